The van der Waals surface area contributed by atoms with Crippen molar-refractivity contribution in [2.24, 2.45) is 0 Å². The fourth-order valence-corrected chi connectivity index (χ4v) is 2.60. The molecule has 0 saturated heterocycles. The van der Waals surface area contributed by atoms with Crippen molar-refractivity contribution in [3.8, 4) is 11.5 Å². The Hall–Kier alpha value is -1.83. The van der Waals surface area contributed by atoms with Gasteiger partial charge in [0.2, 0.25) is 0 Å². The molecule has 122 valence electrons. The molecule has 0 unspecified atom stereocenters. The van der Waals surface area contributed by atoms with Gasteiger partial charge in [0.05, 0.1) is 7.11 Å². The molecule has 2 aromatic rings. The minimum atomic E-state index is -0.799. The molecule has 0 amide bonds. The molecule has 0 fully saturated rings. The van der Waals surface area contributed by atoms with Crippen molar-refractivity contribution in [1.82, 2.24) is 0 Å². The molecule has 2 aromatic carbocycles. The average molecular weight is 430 g/mol. The smallest absolute Gasteiger partial charge is 0.489 e. The maximum absolute atomic E-state index is 13.8. The zero-order valence-corrected chi connectivity index (χ0v) is 14.9. The summed E-state index contributed by atoms with van der Waals surface area (Å²) >= 11 is 2.12. The van der Waals surface area contributed by atoms with Crippen molar-refractivity contribution in [2.75, 3.05) is 7.11 Å². The Bertz CT molecular complexity index is 703. The molecule has 4 nitrogen and oxygen atoms in total. The van der Waals surface area contributed by atoms with Crippen LogP contribution in [0.25, 0.3) is 0 Å². The predicted molar refractivity (Wildman–Crippen MR) is 92.3 cm³/mol. The van der Waals surface area contributed by atoms with Crippen LogP contribution in [0.15, 0.2) is 36.4 Å². The molecule has 0 aliphatic heterocycles. The molecule has 0 radical (unpaired) electrons. The summed E-state index contributed by atoms with van der Waals surface area (Å²) in [6.07, 6.45) is -0.175. The molecule has 0 heterocycles. The first kappa shape index (κ1) is 17.5. The van der Waals surface area contributed by atoms with Gasteiger partial charge in [-0.05, 0) is 52.8 Å². The standard InChI is InChI=1S/C17H16FIO4/c1-3-11-7-8-12(9-14(11)18)22-10-13-15(19)5-4-6-16(13)23-17(20)21-2/h4-9H,3,10H2,1-2H3. The Labute approximate surface area is 147 Å². The van der Waals surface area contributed by atoms with E-state index in [0.717, 1.165) is 3.57 Å². The van der Waals surface area contributed by atoms with Crippen molar-refractivity contribution in [1.29, 1.82) is 0 Å². The molecule has 0 aliphatic carbocycles. The van der Waals surface area contributed by atoms with Gasteiger partial charge in [-0.3, -0.25) is 0 Å². The molecule has 0 saturated carbocycles. The summed E-state index contributed by atoms with van der Waals surface area (Å²) in [4.78, 5) is 11.3. The molecule has 0 atom stereocenters. The van der Waals surface area contributed by atoms with E-state index in [4.69, 9.17) is 9.47 Å². The van der Waals surface area contributed by atoms with Crippen LogP contribution in [0.5, 0.6) is 11.5 Å². The molecule has 0 aromatic heterocycles. The van der Waals surface area contributed by atoms with Gasteiger partial charge in [0.1, 0.15) is 23.9 Å². The highest BCUT2D eigenvalue weighted by atomic mass is 127. The number of carbonyl (C=O) groups is 1. The third-order valence-electron chi connectivity index (χ3n) is 3.22. The summed E-state index contributed by atoms with van der Waals surface area (Å²) in [5.74, 6) is 0.483. The van der Waals surface area contributed by atoms with Gasteiger partial charge in [-0.15, -0.1) is 0 Å². The monoisotopic (exact) mass is 430 g/mol. The lowest BCUT2D eigenvalue weighted by molar-refractivity contribution is 0.120. The van der Waals surface area contributed by atoms with E-state index in [1.807, 2.05) is 13.0 Å². The zero-order chi connectivity index (χ0) is 16.8. The third kappa shape index (κ3) is 4.57. The fourth-order valence-electron chi connectivity index (χ4n) is 1.97. The number of hydrogen-bond acceptors (Lipinski definition) is 4. The van der Waals surface area contributed by atoms with Gasteiger partial charge in [-0.2, -0.15) is 0 Å². The van der Waals surface area contributed by atoms with Crippen molar-refractivity contribution < 1.29 is 23.4 Å². The topological polar surface area (TPSA) is 44.8 Å². The molecule has 2 rings (SSSR count). The van der Waals surface area contributed by atoms with Crippen LogP contribution < -0.4 is 9.47 Å². The molecule has 0 aliphatic rings. The number of hydrogen-bond donors (Lipinski definition) is 0. The van der Waals surface area contributed by atoms with Crippen LogP contribution in [-0.2, 0) is 17.8 Å². The van der Waals surface area contributed by atoms with Crippen molar-refractivity contribution in [3.05, 3.63) is 56.9 Å². The first-order valence-corrected chi connectivity index (χ1v) is 8.07. The van der Waals surface area contributed by atoms with Gasteiger partial charge >= 0.3 is 6.16 Å². The Kier molecular flexibility index (Phi) is 6.20. The minimum Gasteiger partial charge on any atom is -0.489 e. The number of rotatable bonds is 5. The predicted octanol–water partition coefficient (Wildman–Crippen LogP) is 4.72. The minimum absolute atomic E-state index is 0.149. The Morgan fingerprint density at radius 3 is 2.70 bits per heavy atom. The summed E-state index contributed by atoms with van der Waals surface area (Å²) in [6.45, 7) is 2.04. The van der Waals surface area contributed by atoms with Crippen LogP contribution in [0.4, 0.5) is 9.18 Å². The highest BCUT2D eigenvalue weighted by Gasteiger charge is 2.13. The molecule has 0 bridgehead atoms. The Morgan fingerprint density at radius 1 is 1.26 bits per heavy atom. The second kappa shape index (κ2) is 8.14. The van der Waals surface area contributed by atoms with Gasteiger partial charge in [-0.1, -0.05) is 19.1 Å². The summed E-state index contributed by atoms with van der Waals surface area (Å²) in [6, 6.07) is 10.1. The van der Waals surface area contributed by atoms with Gasteiger partial charge in [0, 0.05) is 15.2 Å². The second-order valence-corrected chi connectivity index (χ2v) is 5.83. The maximum atomic E-state index is 13.8. The lowest BCUT2D eigenvalue weighted by Gasteiger charge is -2.13. The van der Waals surface area contributed by atoms with Crippen LogP contribution >= 0.6 is 22.6 Å². The number of methoxy groups -OCH3 is 1. The van der Waals surface area contributed by atoms with E-state index in [1.54, 1.807) is 24.3 Å². The lowest BCUT2D eigenvalue weighted by Crippen LogP contribution is -2.10. The normalized spacial score (nSPS) is 10.3. The Morgan fingerprint density at radius 2 is 2.04 bits per heavy atom. The summed E-state index contributed by atoms with van der Waals surface area (Å²) in [5, 5.41) is 0. The first-order valence-electron chi connectivity index (χ1n) is 6.99. The van der Waals surface area contributed by atoms with Crippen molar-refractivity contribution in [2.45, 2.75) is 20.0 Å². The van der Waals surface area contributed by atoms with Crippen molar-refractivity contribution in [3.63, 3.8) is 0 Å². The first-order chi connectivity index (χ1) is 11.0. The van der Waals surface area contributed by atoms with Crippen LogP contribution in [0.3, 0.4) is 0 Å². The average Bonchev–Trinajstić information content (AvgIpc) is 2.54. The summed E-state index contributed by atoms with van der Waals surface area (Å²) in [7, 11) is 1.24. The van der Waals surface area contributed by atoms with Crippen LogP contribution in [0, 0.1) is 9.39 Å². The second-order valence-electron chi connectivity index (χ2n) is 4.67. The van der Waals surface area contributed by atoms with E-state index in [0.29, 0.717) is 29.0 Å². The number of halogens is 2. The van der Waals surface area contributed by atoms with E-state index in [9.17, 15) is 9.18 Å². The number of aryl methyl sites for hydroxylation is 1. The largest absolute Gasteiger partial charge is 0.513 e. The fraction of sp³-hybridized carbons (Fsp3) is 0.235. The number of carbonyl (C=O) groups excluding carboxylic acids is 1. The van der Waals surface area contributed by atoms with E-state index in [-0.39, 0.29) is 12.4 Å². The molecule has 0 spiro atoms. The SMILES string of the molecule is CCc1ccc(OCc2c(I)cccc2OC(=O)OC)cc1F. The van der Waals surface area contributed by atoms with Crippen LogP contribution in [0.2, 0.25) is 0 Å². The lowest BCUT2D eigenvalue weighted by atomic mass is 10.1. The van der Waals surface area contributed by atoms with Crippen LogP contribution in [-0.4, -0.2) is 13.3 Å². The van der Waals surface area contributed by atoms with Gasteiger partial charge in [-0.25, -0.2) is 9.18 Å². The molecular weight excluding hydrogens is 414 g/mol. The molecular formula is C17H16FIO4. The molecule has 23 heavy (non-hydrogen) atoms. The van der Waals surface area contributed by atoms with E-state index < -0.39 is 6.16 Å². The van der Waals surface area contributed by atoms with E-state index >= 15 is 0 Å². The van der Waals surface area contributed by atoms with Gasteiger partial charge < -0.3 is 14.2 Å². The van der Waals surface area contributed by atoms with E-state index in [2.05, 4.69) is 27.3 Å². The summed E-state index contributed by atoms with van der Waals surface area (Å²) < 4.78 is 29.9. The summed E-state index contributed by atoms with van der Waals surface area (Å²) in [5.41, 5.74) is 1.33. The molecule has 6 heteroatoms. The van der Waals surface area contributed by atoms with Gasteiger partial charge in [0.25, 0.3) is 0 Å². The number of benzene rings is 2. The molecule has 0 N–H and O–H groups in total. The van der Waals surface area contributed by atoms with Gasteiger partial charge in [0.15, 0.2) is 0 Å². The van der Waals surface area contributed by atoms with Crippen LogP contribution in [0.1, 0.15) is 18.1 Å². The third-order valence-corrected chi connectivity index (χ3v) is 4.24. The zero-order valence-electron chi connectivity index (χ0n) is 12.8. The van der Waals surface area contributed by atoms with E-state index in [1.165, 1.54) is 13.2 Å². The maximum Gasteiger partial charge on any atom is 0.513 e. The van der Waals surface area contributed by atoms with Crippen molar-refractivity contribution >= 4 is 28.7 Å². The quantitative estimate of drug-likeness (QED) is 0.392. The number of ether oxygens (including phenoxy) is 3. The highest BCUT2D eigenvalue weighted by Crippen LogP contribution is 2.26. The Balaban J connectivity index is 2.16. The highest BCUT2D eigenvalue weighted by molar-refractivity contribution is 14.1.